The third-order valence-corrected chi connectivity index (χ3v) is 9.74. The first-order valence-electron chi connectivity index (χ1n) is 15.2. The Balaban J connectivity index is 1.70. The van der Waals surface area contributed by atoms with Crippen LogP contribution in [0.2, 0.25) is 0 Å². The number of ether oxygens (including phenoxy) is 1. The van der Waals surface area contributed by atoms with E-state index in [0.29, 0.717) is 6.61 Å². The summed E-state index contributed by atoms with van der Waals surface area (Å²) in [6, 6.07) is 24.6. The van der Waals surface area contributed by atoms with Crippen LogP contribution >= 0.6 is 0 Å². The van der Waals surface area contributed by atoms with E-state index >= 15 is 0 Å². The number of hydrogen-bond acceptors (Lipinski definition) is 1. The summed E-state index contributed by atoms with van der Waals surface area (Å²) in [5, 5.41) is 7.86. The standard InChI is InChI=1S/C41H42O/c1-7-28-18-20-33(25-30(28)15-12-24-42-6)39-35-17-11-10-16-34(35)38(32-21-19-29-13-8-9-14-31(29)26-32)36-22-23-41(5,27-37(36)39)40(2,3)4/h7-22,25-28,30H,1,23-24H2,2-6H3/b15-12-. The fraction of sp³-hybridized carbons (Fsp3) is 0.268. The van der Waals surface area contributed by atoms with Crippen molar-refractivity contribution >= 4 is 39.3 Å². The third kappa shape index (κ3) is 4.91. The maximum atomic E-state index is 5.32. The van der Waals surface area contributed by atoms with Crippen LogP contribution in [0, 0.1) is 22.7 Å². The van der Waals surface area contributed by atoms with E-state index in [1.807, 2.05) is 0 Å². The molecule has 3 atom stereocenters. The first-order valence-corrected chi connectivity index (χ1v) is 15.2. The maximum Gasteiger partial charge on any atom is 0.0643 e. The van der Waals surface area contributed by atoms with Gasteiger partial charge in [-0.05, 0) is 77.6 Å². The number of fused-ring (bicyclic) bond motifs is 3. The molecule has 0 saturated heterocycles. The molecular formula is C41H42O. The average Bonchev–Trinajstić information content (AvgIpc) is 2.99. The molecule has 0 heterocycles. The molecule has 0 fully saturated rings. The summed E-state index contributed by atoms with van der Waals surface area (Å²) in [7, 11) is 1.74. The molecule has 0 saturated carbocycles. The van der Waals surface area contributed by atoms with Crippen LogP contribution in [0.4, 0.5) is 0 Å². The zero-order valence-corrected chi connectivity index (χ0v) is 25.7. The van der Waals surface area contributed by atoms with Gasteiger partial charge in [-0.2, -0.15) is 0 Å². The fourth-order valence-corrected chi connectivity index (χ4v) is 6.63. The maximum absolute atomic E-state index is 5.32. The zero-order valence-electron chi connectivity index (χ0n) is 25.7. The Morgan fingerprint density at radius 2 is 1.62 bits per heavy atom. The van der Waals surface area contributed by atoms with Gasteiger partial charge in [0.25, 0.3) is 0 Å². The van der Waals surface area contributed by atoms with Gasteiger partial charge in [-0.1, -0.05) is 137 Å². The second-order valence-corrected chi connectivity index (χ2v) is 13.2. The number of rotatable bonds is 6. The minimum Gasteiger partial charge on any atom is -0.381 e. The van der Waals surface area contributed by atoms with Crippen molar-refractivity contribution in [2.75, 3.05) is 13.7 Å². The Morgan fingerprint density at radius 3 is 2.33 bits per heavy atom. The molecule has 6 rings (SSSR count). The summed E-state index contributed by atoms with van der Waals surface area (Å²) in [6.07, 6.45) is 19.7. The van der Waals surface area contributed by atoms with Crippen molar-refractivity contribution < 1.29 is 4.74 Å². The van der Waals surface area contributed by atoms with Crippen molar-refractivity contribution in [1.82, 2.24) is 0 Å². The number of hydrogen-bond donors (Lipinski definition) is 0. The van der Waals surface area contributed by atoms with Gasteiger partial charge < -0.3 is 4.74 Å². The van der Waals surface area contributed by atoms with Gasteiger partial charge >= 0.3 is 0 Å². The van der Waals surface area contributed by atoms with E-state index < -0.39 is 0 Å². The molecule has 3 unspecified atom stereocenters. The van der Waals surface area contributed by atoms with Crippen molar-refractivity contribution in [1.29, 1.82) is 0 Å². The van der Waals surface area contributed by atoms with E-state index in [2.05, 4.69) is 150 Å². The lowest BCUT2D eigenvalue weighted by atomic mass is 9.63. The van der Waals surface area contributed by atoms with E-state index in [1.54, 1.807) is 7.11 Å². The minimum absolute atomic E-state index is 0.0260. The van der Waals surface area contributed by atoms with Crippen molar-refractivity contribution in [3.05, 3.63) is 126 Å². The molecular weight excluding hydrogens is 508 g/mol. The summed E-state index contributed by atoms with van der Waals surface area (Å²) in [5.41, 5.74) is 5.36. The summed E-state index contributed by atoms with van der Waals surface area (Å²) in [4.78, 5) is 0. The SMILES string of the molecule is C=CC1C=CC(c2c3c(c(-c4ccc5ccccc5c4)c4ccccc24)=CCC(C)(C(C)(C)C)C=3)=CC1/C=C\COC. The Bertz CT molecular complexity index is 1890. The molecule has 0 N–H and O–H groups in total. The van der Waals surface area contributed by atoms with Gasteiger partial charge in [-0.3, -0.25) is 0 Å². The van der Waals surface area contributed by atoms with E-state index in [0.717, 1.165) is 6.42 Å². The lowest BCUT2D eigenvalue weighted by Gasteiger charge is -2.41. The molecule has 0 spiro atoms. The number of benzene rings is 4. The highest BCUT2D eigenvalue weighted by molar-refractivity contribution is 6.06. The Labute approximate surface area is 250 Å². The summed E-state index contributed by atoms with van der Waals surface area (Å²) >= 11 is 0. The first-order chi connectivity index (χ1) is 20.2. The molecule has 1 nitrogen and oxygen atoms in total. The molecule has 42 heavy (non-hydrogen) atoms. The Morgan fingerprint density at radius 1 is 0.905 bits per heavy atom. The van der Waals surface area contributed by atoms with Gasteiger partial charge in [0.15, 0.2) is 0 Å². The second kappa shape index (κ2) is 11.0. The van der Waals surface area contributed by atoms with Crippen LogP contribution in [0.5, 0.6) is 0 Å². The number of allylic oxidation sites excluding steroid dienone is 6. The van der Waals surface area contributed by atoms with Crippen LogP contribution in [0.15, 0.2) is 110 Å². The normalized spacial score (nSPS) is 22.1. The molecule has 212 valence electrons. The van der Waals surface area contributed by atoms with Gasteiger partial charge in [0.2, 0.25) is 0 Å². The fourth-order valence-electron chi connectivity index (χ4n) is 6.63. The third-order valence-electron chi connectivity index (χ3n) is 9.74. The minimum atomic E-state index is 0.0260. The van der Waals surface area contributed by atoms with Crippen LogP contribution in [0.25, 0.3) is 50.4 Å². The molecule has 0 bridgehead atoms. The van der Waals surface area contributed by atoms with Crippen LogP contribution in [0.3, 0.4) is 0 Å². The highest BCUT2D eigenvalue weighted by atomic mass is 16.5. The predicted molar refractivity (Wildman–Crippen MR) is 183 cm³/mol. The Hall–Kier alpha value is -3.94. The molecule has 2 aliphatic carbocycles. The van der Waals surface area contributed by atoms with Crippen molar-refractivity contribution in [3.63, 3.8) is 0 Å². The average molecular weight is 551 g/mol. The molecule has 0 amide bonds. The quantitative estimate of drug-likeness (QED) is 0.217. The lowest BCUT2D eigenvalue weighted by Crippen LogP contribution is -2.42. The van der Waals surface area contributed by atoms with Gasteiger partial charge in [-0.15, -0.1) is 6.58 Å². The number of methoxy groups -OCH3 is 1. The molecule has 0 radical (unpaired) electrons. The van der Waals surface area contributed by atoms with Gasteiger partial charge in [0.05, 0.1) is 6.61 Å². The van der Waals surface area contributed by atoms with Crippen LogP contribution in [0.1, 0.15) is 39.7 Å². The predicted octanol–water partition coefficient (Wildman–Crippen LogP) is 9.25. The van der Waals surface area contributed by atoms with E-state index in [1.165, 1.54) is 54.2 Å². The molecule has 0 aliphatic heterocycles. The molecule has 4 aromatic rings. The van der Waals surface area contributed by atoms with Gasteiger partial charge in [0.1, 0.15) is 0 Å². The smallest absolute Gasteiger partial charge is 0.0643 e. The molecule has 0 aromatic heterocycles. The van der Waals surface area contributed by atoms with Crippen molar-refractivity contribution in [2.24, 2.45) is 22.7 Å². The molecule has 1 heteroatoms. The lowest BCUT2D eigenvalue weighted by molar-refractivity contribution is 0.194. The van der Waals surface area contributed by atoms with Gasteiger partial charge in [0, 0.05) is 18.9 Å². The largest absolute Gasteiger partial charge is 0.381 e. The zero-order chi connectivity index (χ0) is 29.5. The Kier molecular flexibility index (Phi) is 7.41. The summed E-state index contributed by atoms with van der Waals surface area (Å²) in [5.74, 6) is 0.491. The molecule has 4 aromatic carbocycles. The van der Waals surface area contributed by atoms with E-state index in [-0.39, 0.29) is 22.7 Å². The molecule has 2 aliphatic rings. The van der Waals surface area contributed by atoms with Crippen LogP contribution in [-0.4, -0.2) is 13.7 Å². The first kappa shape index (κ1) is 28.2. The van der Waals surface area contributed by atoms with E-state index in [9.17, 15) is 0 Å². The monoisotopic (exact) mass is 550 g/mol. The topological polar surface area (TPSA) is 9.23 Å². The van der Waals surface area contributed by atoms with Gasteiger partial charge in [-0.25, -0.2) is 0 Å². The summed E-state index contributed by atoms with van der Waals surface area (Å²) in [6.45, 7) is 14.3. The second-order valence-electron chi connectivity index (χ2n) is 13.2. The van der Waals surface area contributed by atoms with Crippen molar-refractivity contribution in [2.45, 2.75) is 34.1 Å². The van der Waals surface area contributed by atoms with Crippen LogP contribution in [-0.2, 0) is 4.74 Å². The van der Waals surface area contributed by atoms with Crippen LogP contribution < -0.4 is 10.4 Å². The highest BCUT2D eigenvalue weighted by Gasteiger charge is 2.36. The van der Waals surface area contributed by atoms with Crippen molar-refractivity contribution in [3.8, 4) is 11.1 Å². The van der Waals surface area contributed by atoms with E-state index in [4.69, 9.17) is 4.74 Å². The highest BCUT2D eigenvalue weighted by Crippen LogP contribution is 2.45. The summed E-state index contributed by atoms with van der Waals surface area (Å²) < 4.78 is 5.32.